The molecule has 0 amide bonds. The van der Waals surface area contributed by atoms with Gasteiger partial charge in [-0.05, 0) is 25.5 Å². The minimum atomic E-state index is 0.643. The smallest absolute Gasteiger partial charge is 0.0672 e. The second-order valence-electron chi connectivity index (χ2n) is 3.95. The van der Waals surface area contributed by atoms with Gasteiger partial charge in [-0.1, -0.05) is 18.2 Å². The van der Waals surface area contributed by atoms with Crippen molar-refractivity contribution in [2.75, 3.05) is 19.8 Å². The Morgan fingerprint density at radius 1 is 1.56 bits per heavy atom. The van der Waals surface area contributed by atoms with Gasteiger partial charge in [0, 0.05) is 19.3 Å². The first-order chi connectivity index (χ1) is 7.70. The van der Waals surface area contributed by atoms with Crippen LogP contribution in [0.15, 0.2) is 30.5 Å². The van der Waals surface area contributed by atoms with Crippen molar-refractivity contribution in [2.24, 2.45) is 0 Å². The minimum Gasteiger partial charge on any atom is -0.376 e. The molecule has 0 saturated heterocycles. The van der Waals surface area contributed by atoms with Gasteiger partial charge in [0.2, 0.25) is 0 Å². The lowest BCUT2D eigenvalue weighted by atomic mass is 10.2. The summed E-state index contributed by atoms with van der Waals surface area (Å²) in [4.78, 5) is 4.31. The van der Waals surface area contributed by atoms with Crippen LogP contribution in [0, 0.1) is 6.92 Å². The van der Waals surface area contributed by atoms with Crippen LogP contribution in [-0.2, 0) is 11.3 Å². The molecule has 1 heterocycles. The van der Waals surface area contributed by atoms with Crippen molar-refractivity contribution in [3.63, 3.8) is 0 Å². The number of hydrogen-bond donors (Lipinski definition) is 1. The average molecular weight is 220 g/mol. The molecule has 0 aliphatic carbocycles. The Bertz CT molecular complexity index is 336. The molecule has 0 saturated carbocycles. The quantitative estimate of drug-likeness (QED) is 0.564. The lowest BCUT2D eigenvalue weighted by molar-refractivity contribution is 0.157. The average Bonchev–Trinajstić information content (AvgIpc) is 2.25. The monoisotopic (exact) mass is 220 g/mol. The molecule has 0 spiro atoms. The van der Waals surface area contributed by atoms with E-state index in [2.05, 4.69) is 29.9 Å². The number of aromatic nitrogens is 1. The van der Waals surface area contributed by atoms with E-state index in [0.29, 0.717) is 13.2 Å². The number of nitrogens with zero attached hydrogens (tertiary/aromatic N) is 1. The van der Waals surface area contributed by atoms with Crippen LogP contribution in [0.4, 0.5) is 0 Å². The summed E-state index contributed by atoms with van der Waals surface area (Å²) < 4.78 is 5.38. The Hall–Kier alpha value is -1.19. The maximum absolute atomic E-state index is 5.38. The summed E-state index contributed by atoms with van der Waals surface area (Å²) in [6.07, 6.45) is 1.82. The molecule has 0 fully saturated rings. The van der Waals surface area contributed by atoms with Gasteiger partial charge in [0.15, 0.2) is 0 Å². The summed E-state index contributed by atoms with van der Waals surface area (Å²) in [7, 11) is 0. The van der Waals surface area contributed by atoms with E-state index in [-0.39, 0.29) is 0 Å². The van der Waals surface area contributed by atoms with Crippen molar-refractivity contribution >= 4 is 0 Å². The maximum atomic E-state index is 5.38. The van der Waals surface area contributed by atoms with Crippen molar-refractivity contribution < 1.29 is 4.74 Å². The Labute approximate surface area is 97.5 Å². The number of aryl methyl sites for hydroxylation is 1. The molecule has 16 heavy (non-hydrogen) atoms. The Morgan fingerprint density at radius 3 is 3.06 bits per heavy atom. The van der Waals surface area contributed by atoms with Gasteiger partial charge >= 0.3 is 0 Å². The van der Waals surface area contributed by atoms with Crippen LogP contribution in [0.1, 0.15) is 18.2 Å². The summed E-state index contributed by atoms with van der Waals surface area (Å²) in [5, 5.41) is 3.30. The van der Waals surface area contributed by atoms with E-state index in [4.69, 9.17) is 4.74 Å². The first-order valence-corrected chi connectivity index (χ1v) is 5.53. The molecule has 1 rings (SSSR count). The van der Waals surface area contributed by atoms with Gasteiger partial charge in [0.05, 0.1) is 18.9 Å². The molecule has 0 aliphatic rings. The highest BCUT2D eigenvalue weighted by Crippen LogP contribution is 2.01. The molecule has 0 radical (unpaired) electrons. The van der Waals surface area contributed by atoms with E-state index < -0.39 is 0 Å². The molecule has 1 N–H and O–H groups in total. The second-order valence-corrected chi connectivity index (χ2v) is 3.95. The van der Waals surface area contributed by atoms with Crippen LogP contribution < -0.4 is 5.32 Å². The van der Waals surface area contributed by atoms with Gasteiger partial charge < -0.3 is 10.1 Å². The van der Waals surface area contributed by atoms with E-state index in [1.54, 1.807) is 0 Å². The van der Waals surface area contributed by atoms with Crippen molar-refractivity contribution in [1.82, 2.24) is 10.3 Å². The molecule has 0 unspecified atom stereocenters. The predicted octanol–water partition coefficient (Wildman–Crippen LogP) is 2.07. The summed E-state index contributed by atoms with van der Waals surface area (Å²) in [5.41, 5.74) is 3.38. The fourth-order valence-electron chi connectivity index (χ4n) is 1.30. The maximum Gasteiger partial charge on any atom is 0.0672 e. The van der Waals surface area contributed by atoms with Crippen molar-refractivity contribution in [1.29, 1.82) is 0 Å². The van der Waals surface area contributed by atoms with Gasteiger partial charge in [0.1, 0.15) is 0 Å². The van der Waals surface area contributed by atoms with Crippen LogP contribution in [0.2, 0.25) is 0 Å². The van der Waals surface area contributed by atoms with Crippen LogP contribution in [0.5, 0.6) is 0 Å². The summed E-state index contributed by atoms with van der Waals surface area (Å²) >= 11 is 0. The molecule has 0 aliphatic heterocycles. The molecule has 88 valence electrons. The zero-order chi connectivity index (χ0) is 11.8. The van der Waals surface area contributed by atoms with Gasteiger partial charge in [0.25, 0.3) is 0 Å². The number of rotatable bonds is 7. The highest BCUT2D eigenvalue weighted by atomic mass is 16.5. The lowest BCUT2D eigenvalue weighted by Crippen LogP contribution is -2.20. The van der Waals surface area contributed by atoms with Crippen LogP contribution in [-0.4, -0.2) is 24.7 Å². The molecule has 0 bridgehead atoms. The van der Waals surface area contributed by atoms with Gasteiger partial charge in [-0.3, -0.25) is 4.98 Å². The number of pyridine rings is 1. The first kappa shape index (κ1) is 12.9. The zero-order valence-corrected chi connectivity index (χ0v) is 10.1. The molecule has 3 nitrogen and oxygen atoms in total. The zero-order valence-electron chi connectivity index (χ0n) is 10.1. The molecule has 1 aromatic rings. The normalized spacial score (nSPS) is 10.4. The predicted molar refractivity (Wildman–Crippen MR) is 66.3 cm³/mol. The molecular formula is C13H20N2O. The molecule has 3 heteroatoms. The molecular weight excluding hydrogens is 200 g/mol. The van der Waals surface area contributed by atoms with E-state index >= 15 is 0 Å². The Balaban J connectivity index is 2.12. The van der Waals surface area contributed by atoms with E-state index in [9.17, 15) is 0 Å². The van der Waals surface area contributed by atoms with Crippen LogP contribution in [0.3, 0.4) is 0 Å². The van der Waals surface area contributed by atoms with E-state index in [1.165, 1.54) is 5.56 Å². The fourth-order valence-corrected chi connectivity index (χ4v) is 1.30. The topological polar surface area (TPSA) is 34.1 Å². The van der Waals surface area contributed by atoms with Gasteiger partial charge in [-0.15, -0.1) is 0 Å². The standard InChI is InChI=1S/C13H20N2O/c1-11(2)10-16-8-7-14-9-13-12(3)5-4-6-15-13/h4-6,14H,1,7-10H2,2-3H3. The third-order valence-electron chi connectivity index (χ3n) is 2.18. The summed E-state index contributed by atoms with van der Waals surface area (Å²) in [5.74, 6) is 0. The first-order valence-electron chi connectivity index (χ1n) is 5.53. The van der Waals surface area contributed by atoms with Crippen LogP contribution in [0.25, 0.3) is 0 Å². The van der Waals surface area contributed by atoms with Crippen LogP contribution >= 0.6 is 0 Å². The van der Waals surface area contributed by atoms with Crippen molar-refractivity contribution in [3.05, 3.63) is 41.7 Å². The fraction of sp³-hybridized carbons (Fsp3) is 0.462. The largest absolute Gasteiger partial charge is 0.376 e. The van der Waals surface area contributed by atoms with E-state index in [0.717, 1.165) is 24.4 Å². The Kier molecular flexibility index (Phi) is 5.75. The van der Waals surface area contributed by atoms with Gasteiger partial charge in [-0.2, -0.15) is 0 Å². The highest BCUT2D eigenvalue weighted by molar-refractivity contribution is 5.17. The Morgan fingerprint density at radius 2 is 2.38 bits per heavy atom. The number of nitrogens with one attached hydrogen (secondary N) is 1. The molecule has 0 atom stereocenters. The number of ether oxygens (including phenoxy) is 1. The van der Waals surface area contributed by atoms with Gasteiger partial charge in [-0.25, -0.2) is 0 Å². The SMILES string of the molecule is C=C(C)COCCNCc1ncccc1C. The second kappa shape index (κ2) is 7.14. The van der Waals surface area contributed by atoms with Crippen molar-refractivity contribution in [2.45, 2.75) is 20.4 Å². The molecule has 0 aromatic carbocycles. The van der Waals surface area contributed by atoms with Crippen molar-refractivity contribution in [3.8, 4) is 0 Å². The summed E-state index contributed by atoms with van der Waals surface area (Å²) in [6, 6.07) is 4.02. The lowest BCUT2D eigenvalue weighted by Gasteiger charge is -2.07. The van der Waals surface area contributed by atoms with E-state index in [1.807, 2.05) is 19.2 Å². The third-order valence-corrected chi connectivity index (χ3v) is 2.18. The molecule has 1 aromatic heterocycles. The summed E-state index contributed by atoms with van der Waals surface area (Å²) in [6.45, 7) is 10.8. The minimum absolute atomic E-state index is 0.643. The third kappa shape index (κ3) is 5.05. The highest BCUT2D eigenvalue weighted by Gasteiger charge is 1.97. The number of hydrogen-bond acceptors (Lipinski definition) is 3.